The van der Waals surface area contributed by atoms with E-state index in [1.807, 2.05) is 18.2 Å². The normalized spacial score (nSPS) is 12.2. The highest BCUT2D eigenvalue weighted by Crippen LogP contribution is 2.22. The second-order valence-corrected chi connectivity index (χ2v) is 6.93. The van der Waals surface area contributed by atoms with E-state index in [1.54, 1.807) is 6.26 Å². The van der Waals surface area contributed by atoms with Crippen molar-refractivity contribution < 1.29 is 8.94 Å². The average Bonchev–Trinajstić information content (AvgIpc) is 3.30. The third kappa shape index (κ3) is 6.58. The van der Waals surface area contributed by atoms with Crippen molar-refractivity contribution in [3.63, 3.8) is 0 Å². The molecule has 2 aromatic heterocycles. The van der Waals surface area contributed by atoms with Crippen molar-refractivity contribution in [2.24, 2.45) is 10.9 Å². The molecule has 2 rings (SSSR count). The third-order valence-electron chi connectivity index (χ3n) is 4.30. The molecule has 0 saturated heterocycles. The van der Waals surface area contributed by atoms with Crippen molar-refractivity contribution >= 4 is 5.96 Å². The molecule has 0 atom stereocenters. The largest absolute Gasteiger partial charge is 0.469 e. The summed E-state index contributed by atoms with van der Waals surface area (Å²) in [7, 11) is 0. The van der Waals surface area contributed by atoms with Gasteiger partial charge in [0.1, 0.15) is 12.3 Å². The molecule has 2 N–H and O–H groups in total. The molecule has 6 nitrogen and oxygen atoms in total. The summed E-state index contributed by atoms with van der Waals surface area (Å²) in [6.07, 6.45) is 4.65. The van der Waals surface area contributed by atoms with E-state index in [4.69, 9.17) is 8.94 Å². The zero-order valence-electron chi connectivity index (χ0n) is 16.4. The lowest BCUT2D eigenvalue weighted by atomic mass is 9.99. The SMILES string of the molecule is CCC(CC)c1cc(CN=C(NCCc2ccco2)NCC(C)C)on1. The van der Waals surface area contributed by atoms with Crippen molar-refractivity contribution in [3.8, 4) is 0 Å². The number of hydrogen-bond donors (Lipinski definition) is 2. The standard InChI is InChI=1S/C20H32N4O2/c1-5-16(6-2)19-12-18(26-24-19)14-23-20(22-13-15(3)4)21-10-9-17-8-7-11-25-17/h7-8,11-12,15-16H,5-6,9-10,13-14H2,1-4H3,(H2,21,22,23). The van der Waals surface area contributed by atoms with E-state index in [9.17, 15) is 0 Å². The van der Waals surface area contributed by atoms with Crippen LogP contribution in [0.25, 0.3) is 0 Å². The van der Waals surface area contributed by atoms with Crippen molar-refractivity contribution in [3.05, 3.63) is 41.7 Å². The zero-order chi connectivity index (χ0) is 18.8. The van der Waals surface area contributed by atoms with Gasteiger partial charge in [0.15, 0.2) is 11.7 Å². The van der Waals surface area contributed by atoms with Crippen LogP contribution in [0, 0.1) is 5.92 Å². The first-order valence-corrected chi connectivity index (χ1v) is 9.62. The Hall–Kier alpha value is -2.24. The van der Waals surface area contributed by atoms with Crippen LogP contribution < -0.4 is 10.6 Å². The fraction of sp³-hybridized carbons (Fsp3) is 0.600. The van der Waals surface area contributed by atoms with Crippen LogP contribution in [0.15, 0.2) is 38.4 Å². The van der Waals surface area contributed by atoms with Crippen LogP contribution in [0.1, 0.15) is 63.7 Å². The Kier molecular flexibility index (Phi) is 8.25. The monoisotopic (exact) mass is 360 g/mol. The van der Waals surface area contributed by atoms with Crippen LogP contribution in [0.2, 0.25) is 0 Å². The molecule has 0 aliphatic heterocycles. The fourth-order valence-electron chi connectivity index (χ4n) is 2.69. The van der Waals surface area contributed by atoms with Gasteiger partial charge < -0.3 is 19.6 Å². The minimum absolute atomic E-state index is 0.460. The molecule has 144 valence electrons. The summed E-state index contributed by atoms with van der Waals surface area (Å²) in [4.78, 5) is 4.64. The van der Waals surface area contributed by atoms with Crippen LogP contribution in [0.4, 0.5) is 0 Å². The molecule has 0 amide bonds. The molecule has 0 spiro atoms. The van der Waals surface area contributed by atoms with Gasteiger partial charge in [0.05, 0.1) is 12.0 Å². The Labute approximate surface area is 156 Å². The molecular weight excluding hydrogens is 328 g/mol. The highest BCUT2D eigenvalue weighted by molar-refractivity contribution is 5.79. The predicted molar refractivity (Wildman–Crippen MR) is 104 cm³/mol. The number of furan rings is 1. The summed E-state index contributed by atoms with van der Waals surface area (Å²) in [6, 6.07) is 5.92. The van der Waals surface area contributed by atoms with Crippen LogP contribution in [-0.2, 0) is 13.0 Å². The lowest BCUT2D eigenvalue weighted by molar-refractivity contribution is 0.372. The van der Waals surface area contributed by atoms with Gasteiger partial charge in [-0.3, -0.25) is 0 Å². The molecule has 0 bridgehead atoms. The smallest absolute Gasteiger partial charge is 0.191 e. The first-order valence-electron chi connectivity index (χ1n) is 9.62. The van der Waals surface area contributed by atoms with E-state index < -0.39 is 0 Å². The average molecular weight is 361 g/mol. The van der Waals surface area contributed by atoms with Gasteiger partial charge in [-0.05, 0) is 30.9 Å². The molecule has 0 radical (unpaired) electrons. The van der Waals surface area contributed by atoms with Gasteiger partial charge in [-0.1, -0.05) is 32.9 Å². The predicted octanol–water partition coefficient (Wildman–Crippen LogP) is 4.11. The first-order chi connectivity index (χ1) is 12.6. The molecule has 2 heterocycles. The van der Waals surface area contributed by atoms with Gasteiger partial charge in [0, 0.05) is 31.5 Å². The number of rotatable bonds is 10. The molecular formula is C20H32N4O2. The van der Waals surface area contributed by atoms with Gasteiger partial charge in [0.25, 0.3) is 0 Å². The third-order valence-corrected chi connectivity index (χ3v) is 4.30. The summed E-state index contributed by atoms with van der Waals surface area (Å²) < 4.78 is 10.8. The van der Waals surface area contributed by atoms with Crippen LogP contribution in [-0.4, -0.2) is 24.2 Å². The molecule has 0 fully saturated rings. The number of nitrogens with one attached hydrogen (secondary N) is 2. The fourth-order valence-corrected chi connectivity index (χ4v) is 2.69. The Balaban J connectivity index is 1.92. The summed E-state index contributed by atoms with van der Waals surface area (Å²) in [6.45, 7) is 10.8. The minimum Gasteiger partial charge on any atom is -0.469 e. The van der Waals surface area contributed by atoms with E-state index in [2.05, 4.69) is 48.5 Å². The number of aromatic nitrogens is 1. The maximum Gasteiger partial charge on any atom is 0.191 e. The molecule has 26 heavy (non-hydrogen) atoms. The molecule has 2 aromatic rings. The maximum atomic E-state index is 5.46. The molecule has 6 heteroatoms. The Morgan fingerprint density at radius 2 is 2.00 bits per heavy atom. The number of hydrogen-bond acceptors (Lipinski definition) is 4. The molecule has 0 aromatic carbocycles. The van der Waals surface area contributed by atoms with E-state index in [0.29, 0.717) is 18.4 Å². The first kappa shape index (κ1) is 20.1. The van der Waals surface area contributed by atoms with Crippen molar-refractivity contribution in [2.45, 2.75) is 59.4 Å². The topological polar surface area (TPSA) is 75.6 Å². The van der Waals surface area contributed by atoms with Gasteiger partial charge in [-0.15, -0.1) is 0 Å². The summed E-state index contributed by atoms with van der Waals surface area (Å²) in [5.41, 5.74) is 1.03. The highest BCUT2D eigenvalue weighted by Gasteiger charge is 2.13. The molecule has 0 aliphatic rings. The Bertz CT molecular complexity index is 643. The van der Waals surface area contributed by atoms with E-state index in [0.717, 1.165) is 55.5 Å². The maximum absolute atomic E-state index is 5.46. The minimum atomic E-state index is 0.460. The van der Waals surface area contributed by atoms with Gasteiger partial charge >= 0.3 is 0 Å². The van der Waals surface area contributed by atoms with Crippen LogP contribution in [0.5, 0.6) is 0 Å². The van der Waals surface area contributed by atoms with Gasteiger partial charge in [0.2, 0.25) is 0 Å². The van der Waals surface area contributed by atoms with E-state index in [1.165, 1.54) is 0 Å². The number of guanidine groups is 1. The number of aliphatic imine (C=N–C) groups is 1. The van der Waals surface area contributed by atoms with Gasteiger partial charge in [-0.25, -0.2) is 4.99 Å². The molecule has 0 aliphatic carbocycles. The summed E-state index contributed by atoms with van der Waals surface area (Å²) in [5, 5.41) is 10.9. The number of nitrogens with zero attached hydrogens (tertiary/aromatic N) is 2. The van der Waals surface area contributed by atoms with Crippen LogP contribution >= 0.6 is 0 Å². The molecule has 0 saturated carbocycles. The lowest BCUT2D eigenvalue weighted by Gasteiger charge is -2.13. The Morgan fingerprint density at radius 3 is 2.65 bits per heavy atom. The van der Waals surface area contributed by atoms with Crippen molar-refractivity contribution in [2.75, 3.05) is 13.1 Å². The lowest BCUT2D eigenvalue weighted by Crippen LogP contribution is -2.40. The quantitative estimate of drug-likeness (QED) is 0.493. The summed E-state index contributed by atoms with van der Waals surface area (Å²) in [5.74, 6) is 3.54. The van der Waals surface area contributed by atoms with Crippen molar-refractivity contribution in [1.82, 2.24) is 15.8 Å². The summed E-state index contributed by atoms with van der Waals surface area (Å²) >= 11 is 0. The highest BCUT2D eigenvalue weighted by atomic mass is 16.5. The molecule has 0 unspecified atom stereocenters. The van der Waals surface area contributed by atoms with Crippen molar-refractivity contribution in [1.29, 1.82) is 0 Å². The van der Waals surface area contributed by atoms with E-state index in [-0.39, 0.29) is 0 Å². The second kappa shape index (κ2) is 10.7. The Morgan fingerprint density at radius 1 is 1.19 bits per heavy atom. The second-order valence-electron chi connectivity index (χ2n) is 6.93. The van der Waals surface area contributed by atoms with Crippen LogP contribution in [0.3, 0.4) is 0 Å². The van der Waals surface area contributed by atoms with E-state index >= 15 is 0 Å². The zero-order valence-corrected chi connectivity index (χ0v) is 16.4. The van der Waals surface area contributed by atoms with Gasteiger partial charge in [-0.2, -0.15) is 0 Å².